The highest BCUT2D eigenvalue weighted by molar-refractivity contribution is 7.98. The molecule has 0 bridgehead atoms. The van der Waals surface area contributed by atoms with E-state index in [1.165, 1.54) is 4.68 Å². The van der Waals surface area contributed by atoms with Crippen LogP contribution in [-0.4, -0.2) is 42.5 Å². The number of aryl methyl sites for hydroxylation is 2. The smallest absolute Gasteiger partial charge is 0.277 e. The van der Waals surface area contributed by atoms with Crippen LogP contribution in [0.5, 0.6) is 0 Å². The Morgan fingerprint density at radius 3 is 2.62 bits per heavy atom. The summed E-state index contributed by atoms with van der Waals surface area (Å²) in [6.07, 6.45) is 5.68. The highest BCUT2D eigenvalue weighted by Gasteiger charge is 2.20. The molecule has 2 aromatic carbocycles. The lowest BCUT2D eigenvalue weighted by Gasteiger charge is -2.18. The van der Waals surface area contributed by atoms with Gasteiger partial charge in [-0.25, -0.2) is 9.67 Å². The van der Waals surface area contributed by atoms with Crippen LogP contribution in [0.3, 0.4) is 0 Å². The number of nitrogens with zero attached hydrogens (tertiary/aromatic N) is 5. The Morgan fingerprint density at radius 1 is 1.06 bits per heavy atom. The molecule has 1 unspecified atom stereocenters. The van der Waals surface area contributed by atoms with Crippen LogP contribution < -0.4 is 10.9 Å². The van der Waals surface area contributed by atoms with Crippen LogP contribution in [0.15, 0.2) is 53.3 Å². The van der Waals surface area contributed by atoms with Crippen LogP contribution in [0, 0.1) is 0 Å². The van der Waals surface area contributed by atoms with Gasteiger partial charge in [-0.1, -0.05) is 35.9 Å². The average molecular weight is 479 g/mol. The molecule has 0 aliphatic carbocycles. The van der Waals surface area contributed by atoms with E-state index in [0.29, 0.717) is 23.9 Å². The van der Waals surface area contributed by atoms with E-state index in [4.69, 9.17) is 4.98 Å². The fourth-order valence-electron chi connectivity index (χ4n) is 4.14. The van der Waals surface area contributed by atoms with Crippen molar-refractivity contribution in [3.05, 3.63) is 64.7 Å². The number of amides is 1. The minimum Gasteiger partial charge on any atom is -0.346 e. The summed E-state index contributed by atoms with van der Waals surface area (Å²) in [6.45, 7) is 0.495. The lowest BCUT2D eigenvalue weighted by molar-refractivity contribution is -0.122. The molecule has 0 saturated carbocycles. The van der Waals surface area contributed by atoms with Gasteiger partial charge in [-0.2, -0.15) is 11.8 Å². The number of carbonyl (C=O) groups excluding carboxylic acids is 1. The van der Waals surface area contributed by atoms with Crippen molar-refractivity contribution >= 4 is 39.6 Å². The molecule has 9 heteroatoms. The summed E-state index contributed by atoms with van der Waals surface area (Å²) >= 11 is 1.76. The van der Waals surface area contributed by atoms with Crippen LogP contribution in [0.25, 0.3) is 21.9 Å². The minimum atomic E-state index is -0.123. The second-order valence-electron chi connectivity index (χ2n) is 8.36. The number of fused-ring (bicyclic) bond motifs is 2. The number of carbonyl (C=O) groups is 1. The second-order valence-corrected chi connectivity index (χ2v) is 9.35. The summed E-state index contributed by atoms with van der Waals surface area (Å²) in [7, 11) is 2.00. The number of unbranched alkanes of at least 4 members (excludes halogenated alkanes) is 2. The zero-order valence-electron chi connectivity index (χ0n) is 19.6. The molecule has 0 aliphatic heterocycles. The fraction of sp³-hybridized carbons (Fsp3) is 0.400. The quantitative estimate of drug-likeness (QED) is 0.329. The third-order valence-corrected chi connectivity index (χ3v) is 6.63. The Balaban J connectivity index is 1.30. The summed E-state index contributed by atoms with van der Waals surface area (Å²) in [5.74, 6) is 1.86. The average Bonchev–Trinajstić information content (AvgIpc) is 3.19. The molecule has 2 heterocycles. The predicted molar refractivity (Wildman–Crippen MR) is 137 cm³/mol. The first kappa shape index (κ1) is 23.9. The van der Waals surface area contributed by atoms with Gasteiger partial charge in [0.05, 0.1) is 22.5 Å². The number of rotatable bonds is 11. The molecule has 0 spiro atoms. The topological polar surface area (TPSA) is 94.7 Å². The molecule has 2 aromatic heterocycles. The van der Waals surface area contributed by atoms with Crippen molar-refractivity contribution in [2.45, 2.75) is 44.7 Å². The van der Waals surface area contributed by atoms with Gasteiger partial charge in [-0.15, -0.1) is 5.10 Å². The van der Waals surface area contributed by atoms with Crippen molar-refractivity contribution in [1.29, 1.82) is 0 Å². The maximum atomic E-state index is 12.7. The molecule has 4 rings (SSSR count). The van der Waals surface area contributed by atoms with Gasteiger partial charge < -0.3 is 9.88 Å². The van der Waals surface area contributed by atoms with Gasteiger partial charge in [0.25, 0.3) is 5.56 Å². The van der Waals surface area contributed by atoms with E-state index in [-0.39, 0.29) is 17.5 Å². The third-order valence-electron chi connectivity index (χ3n) is 5.98. The zero-order valence-corrected chi connectivity index (χ0v) is 20.4. The summed E-state index contributed by atoms with van der Waals surface area (Å²) in [5, 5.41) is 11.9. The molecule has 34 heavy (non-hydrogen) atoms. The summed E-state index contributed by atoms with van der Waals surface area (Å²) in [6, 6.07) is 15.1. The summed E-state index contributed by atoms with van der Waals surface area (Å²) in [5.41, 5.74) is 2.49. The number of hydrogen-bond donors (Lipinski definition) is 1. The number of aromatic nitrogens is 5. The van der Waals surface area contributed by atoms with Gasteiger partial charge >= 0.3 is 0 Å². The Kier molecular flexibility index (Phi) is 7.95. The van der Waals surface area contributed by atoms with Crippen LogP contribution in [0.1, 0.15) is 44.0 Å². The van der Waals surface area contributed by atoms with Crippen LogP contribution >= 0.6 is 11.8 Å². The Morgan fingerprint density at radius 2 is 1.82 bits per heavy atom. The van der Waals surface area contributed by atoms with E-state index >= 15 is 0 Å². The lowest BCUT2D eigenvalue weighted by Crippen LogP contribution is -2.30. The van der Waals surface area contributed by atoms with Crippen molar-refractivity contribution in [3.63, 3.8) is 0 Å². The number of hydrogen-bond acceptors (Lipinski definition) is 6. The van der Waals surface area contributed by atoms with Gasteiger partial charge in [-0.05, 0) is 55.5 Å². The molecular weight excluding hydrogens is 448 g/mol. The second kappa shape index (κ2) is 11.3. The van der Waals surface area contributed by atoms with Crippen LogP contribution in [0.2, 0.25) is 0 Å². The first-order valence-corrected chi connectivity index (χ1v) is 13.0. The van der Waals surface area contributed by atoms with Crippen LogP contribution in [0.4, 0.5) is 0 Å². The number of thioether (sulfide) groups is 1. The van der Waals surface area contributed by atoms with Gasteiger partial charge in [0, 0.05) is 20.0 Å². The molecule has 1 atom stereocenters. The fourth-order valence-corrected chi connectivity index (χ4v) is 4.61. The standard InChI is InChI=1S/C25H30N6O2S/c1-30-22-13-8-7-12-20(22)27-24(30)21(15-17-34-2)26-23(32)14-4-3-9-16-31-25(33)18-10-5-6-11-19(18)28-29-31/h5-8,10-13,21H,3-4,9,14-17H2,1-2H3,(H,26,32). The number of imidazole rings is 1. The largest absolute Gasteiger partial charge is 0.346 e. The predicted octanol–water partition coefficient (Wildman–Crippen LogP) is 3.85. The first-order valence-electron chi connectivity index (χ1n) is 11.6. The summed E-state index contributed by atoms with van der Waals surface area (Å²) in [4.78, 5) is 30.0. The van der Waals surface area contributed by atoms with E-state index in [1.54, 1.807) is 23.9 Å². The van der Waals surface area contributed by atoms with Crippen LogP contribution in [-0.2, 0) is 18.4 Å². The van der Waals surface area contributed by atoms with E-state index in [2.05, 4.69) is 26.5 Å². The SMILES string of the molecule is CSCCC(NC(=O)CCCCCn1nnc2ccccc2c1=O)c1nc2ccccc2n1C. The van der Waals surface area contributed by atoms with Crippen molar-refractivity contribution < 1.29 is 4.79 Å². The van der Waals surface area contributed by atoms with E-state index in [0.717, 1.165) is 48.3 Å². The first-order chi connectivity index (χ1) is 16.6. The van der Waals surface area contributed by atoms with E-state index < -0.39 is 0 Å². The van der Waals surface area contributed by atoms with Gasteiger partial charge in [0.2, 0.25) is 5.91 Å². The lowest BCUT2D eigenvalue weighted by atomic mass is 10.1. The van der Waals surface area contributed by atoms with Crippen molar-refractivity contribution in [1.82, 2.24) is 29.9 Å². The Labute approximate surface area is 202 Å². The minimum absolute atomic E-state index is 0.0285. The Hall–Kier alpha value is -3.20. The molecule has 1 N–H and O–H groups in total. The summed E-state index contributed by atoms with van der Waals surface area (Å²) < 4.78 is 3.48. The van der Waals surface area contributed by atoms with Gasteiger partial charge in [0.15, 0.2) is 0 Å². The highest BCUT2D eigenvalue weighted by Crippen LogP contribution is 2.23. The zero-order chi connectivity index (χ0) is 23.9. The maximum Gasteiger partial charge on any atom is 0.277 e. The molecule has 0 fully saturated rings. The molecule has 0 saturated heterocycles. The van der Waals surface area contributed by atoms with Gasteiger partial charge in [0.1, 0.15) is 11.3 Å². The third kappa shape index (κ3) is 5.47. The maximum absolute atomic E-state index is 12.7. The molecule has 1 amide bonds. The van der Waals surface area contributed by atoms with Crippen molar-refractivity contribution in [2.24, 2.45) is 7.05 Å². The number of benzene rings is 2. The van der Waals surface area contributed by atoms with E-state index in [1.807, 2.05) is 43.4 Å². The number of para-hydroxylation sites is 2. The highest BCUT2D eigenvalue weighted by atomic mass is 32.2. The van der Waals surface area contributed by atoms with Crippen molar-refractivity contribution in [3.8, 4) is 0 Å². The molecule has 4 aromatic rings. The monoisotopic (exact) mass is 478 g/mol. The molecule has 8 nitrogen and oxygen atoms in total. The molecule has 0 radical (unpaired) electrons. The van der Waals surface area contributed by atoms with Crippen molar-refractivity contribution in [2.75, 3.05) is 12.0 Å². The molecule has 0 aliphatic rings. The normalized spacial score (nSPS) is 12.3. The van der Waals surface area contributed by atoms with E-state index in [9.17, 15) is 9.59 Å². The molecule has 178 valence electrons. The Bertz CT molecular complexity index is 1330. The van der Waals surface area contributed by atoms with Gasteiger partial charge in [-0.3, -0.25) is 9.59 Å². The molecular formula is C25H30N6O2S. The number of nitrogens with one attached hydrogen (secondary N) is 1.